The van der Waals surface area contributed by atoms with Crippen molar-refractivity contribution in [3.05, 3.63) is 23.9 Å². The molecule has 1 saturated heterocycles. The van der Waals surface area contributed by atoms with Crippen LogP contribution in [-0.4, -0.2) is 58.6 Å². The number of carboxylic acid groups (broad SMARTS) is 1. The summed E-state index contributed by atoms with van der Waals surface area (Å²) in [5.41, 5.74) is 5.55. The maximum absolute atomic E-state index is 12.6. The molecule has 1 amide bonds. The molecule has 1 fully saturated rings. The van der Waals surface area contributed by atoms with Crippen molar-refractivity contribution in [2.24, 2.45) is 11.7 Å². The van der Waals surface area contributed by atoms with E-state index in [1.54, 1.807) is 0 Å². The Morgan fingerprint density at radius 1 is 1.57 bits per heavy atom. The maximum atomic E-state index is 12.6. The van der Waals surface area contributed by atoms with Crippen LogP contribution in [0.5, 0.6) is 0 Å². The number of aliphatic carboxylic acids is 1. The average Bonchev–Trinajstić information content (AvgIpc) is 2.88. The summed E-state index contributed by atoms with van der Waals surface area (Å²) < 4.78 is 12.6. The zero-order chi connectivity index (χ0) is 15.0. The number of rotatable bonds is 5. The summed E-state index contributed by atoms with van der Waals surface area (Å²) in [6, 6.07) is -0.786. The Morgan fingerprint density at radius 2 is 2.19 bits per heavy atom. The molecule has 0 saturated carbocycles. The van der Waals surface area contributed by atoms with Crippen molar-refractivity contribution < 1.29 is 23.9 Å². The number of carboxylic acids is 1. The molecule has 2 rings (SSSR count). The number of hydrogen-bond donors (Lipinski definition) is 2. The minimum absolute atomic E-state index is 0. The number of carbonyl (C=O) groups excluding carboxylic acids is 2. The van der Waals surface area contributed by atoms with Gasteiger partial charge in [-0.25, -0.2) is 14.4 Å². The largest absolute Gasteiger partial charge is 0.481 e. The van der Waals surface area contributed by atoms with Crippen molar-refractivity contribution >= 4 is 30.1 Å². The lowest BCUT2D eigenvalue weighted by molar-refractivity contribution is -0.141. The topological polar surface area (TPSA) is 104 Å². The van der Waals surface area contributed by atoms with Gasteiger partial charge in [-0.1, -0.05) is 6.08 Å². The normalized spacial score (nSPS) is 22.9. The van der Waals surface area contributed by atoms with Crippen LogP contribution in [0.25, 0.3) is 0 Å². The van der Waals surface area contributed by atoms with Gasteiger partial charge in [0.1, 0.15) is 12.0 Å². The summed E-state index contributed by atoms with van der Waals surface area (Å²) in [4.78, 5) is 34.9. The molecule has 0 aliphatic carbocycles. The lowest BCUT2D eigenvalue weighted by Gasteiger charge is -2.24. The van der Waals surface area contributed by atoms with Gasteiger partial charge in [0.2, 0.25) is 0 Å². The van der Waals surface area contributed by atoms with Crippen LogP contribution in [0.1, 0.15) is 0 Å². The Labute approximate surface area is 126 Å². The van der Waals surface area contributed by atoms with Crippen LogP contribution in [0.2, 0.25) is 0 Å². The Hall–Kier alpha value is -1.77. The number of nitrogens with zero attached hydrogens (tertiary/aromatic N) is 2. The number of ketones is 1. The van der Waals surface area contributed by atoms with E-state index in [-0.39, 0.29) is 36.8 Å². The molecule has 1 unspecified atom stereocenters. The van der Waals surface area contributed by atoms with Crippen molar-refractivity contribution in [2.45, 2.75) is 6.04 Å². The van der Waals surface area contributed by atoms with E-state index in [1.165, 1.54) is 5.01 Å². The number of fused-ring (bicyclic) bond motifs is 1. The first-order chi connectivity index (χ1) is 9.42. The summed E-state index contributed by atoms with van der Waals surface area (Å²) in [7, 11) is 0. The van der Waals surface area contributed by atoms with Gasteiger partial charge in [-0.05, 0) is 0 Å². The van der Waals surface area contributed by atoms with Gasteiger partial charge in [-0.2, -0.15) is 0 Å². The van der Waals surface area contributed by atoms with Gasteiger partial charge in [0.05, 0.1) is 5.70 Å². The van der Waals surface area contributed by atoms with E-state index in [2.05, 4.69) is 6.58 Å². The number of hydrogen-bond acceptors (Lipinski definition) is 5. The van der Waals surface area contributed by atoms with E-state index in [0.29, 0.717) is 0 Å². The minimum atomic E-state index is -1.27. The van der Waals surface area contributed by atoms with Gasteiger partial charge in [0.25, 0.3) is 5.91 Å². The van der Waals surface area contributed by atoms with Crippen molar-refractivity contribution in [3.63, 3.8) is 0 Å². The Kier molecular flexibility index (Phi) is 5.21. The summed E-state index contributed by atoms with van der Waals surface area (Å²) in [6.45, 7) is 2.29. The molecule has 9 heteroatoms. The van der Waals surface area contributed by atoms with Crippen molar-refractivity contribution in [1.29, 1.82) is 0 Å². The molecule has 0 spiro atoms. The Bertz CT molecular complexity index is 537. The van der Waals surface area contributed by atoms with Crippen LogP contribution in [0.3, 0.4) is 0 Å². The fourth-order valence-corrected chi connectivity index (χ4v) is 2.44. The van der Waals surface area contributed by atoms with Gasteiger partial charge >= 0.3 is 5.97 Å². The fraction of sp³-hybridized carbons (Fsp3) is 0.417. The second kappa shape index (κ2) is 6.33. The quantitative estimate of drug-likeness (QED) is 0.661. The third-order valence-electron chi connectivity index (χ3n) is 3.35. The first kappa shape index (κ1) is 17.3. The Morgan fingerprint density at radius 3 is 2.67 bits per heavy atom. The van der Waals surface area contributed by atoms with Crippen LogP contribution in [0.15, 0.2) is 23.9 Å². The molecular formula is C12H15ClFN3O4. The molecule has 0 radical (unpaired) electrons. The zero-order valence-electron chi connectivity index (χ0n) is 11.0. The number of hydrazine groups is 1. The first-order valence-corrected chi connectivity index (χ1v) is 5.94. The standard InChI is InChI=1S/C12H14FN3O4.ClH/c1-2-6(12(19)20)10-7(9(17)3-13)4-15-5-8(14)11(18)16(10)15;/h2,6,8H,1,3-5,14H2,(H,19,20);1H/t6?,8-;/m0./s1. The van der Waals surface area contributed by atoms with Crippen LogP contribution in [-0.2, 0) is 14.4 Å². The molecule has 0 aromatic heterocycles. The number of amides is 1. The van der Waals surface area contributed by atoms with Crippen LogP contribution in [0.4, 0.5) is 4.39 Å². The third-order valence-corrected chi connectivity index (χ3v) is 3.35. The molecule has 2 atom stereocenters. The van der Waals surface area contributed by atoms with E-state index >= 15 is 0 Å². The highest BCUT2D eigenvalue weighted by molar-refractivity contribution is 6.01. The molecule has 0 bridgehead atoms. The number of Topliss-reactive ketones (excluding diaryl/α,β-unsaturated/α-hetero) is 1. The SMILES string of the molecule is C=CC(C(=O)O)C1=C(C(=O)CF)CN2C[C@H](N)C(=O)N12.Cl. The van der Waals surface area contributed by atoms with Gasteiger partial charge in [0, 0.05) is 18.7 Å². The lowest BCUT2D eigenvalue weighted by atomic mass is 9.98. The molecule has 0 aromatic rings. The van der Waals surface area contributed by atoms with E-state index in [4.69, 9.17) is 5.73 Å². The van der Waals surface area contributed by atoms with Gasteiger partial charge < -0.3 is 10.8 Å². The number of halogens is 2. The molecule has 116 valence electrons. The predicted molar refractivity (Wildman–Crippen MR) is 73.0 cm³/mol. The monoisotopic (exact) mass is 319 g/mol. The van der Waals surface area contributed by atoms with Crippen molar-refractivity contribution in [3.8, 4) is 0 Å². The molecule has 2 aliphatic heterocycles. The van der Waals surface area contributed by atoms with Crippen molar-refractivity contribution in [1.82, 2.24) is 10.0 Å². The highest BCUT2D eigenvalue weighted by Gasteiger charge is 2.47. The molecule has 2 heterocycles. The fourth-order valence-electron chi connectivity index (χ4n) is 2.44. The van der Waals surface area contributed by atoms with Gasteiger partial charge in [0.15, 0.2) is 12.5 Å². The highest BCUT2D eigenvalue weighted by Crippen LogP contribution is 2.34. The zero-order valence-corrected chi connectivity index (χ0v) is 11.8. The van der Waals surface area contributed by atoms with Crippen LogP contribution < -0.4 is 5.73 Å². The van der Waals surface area contributed by atoms with E-state index < -0.39 is 36.3 Å². The number of carbonyl (C=O) groups is 3. The smallest absolute Gasteiger partial charge is 0.316 e. The summed E-state index contributed by atoms with van der Waals surface area (Å²) >= 11 is 0. The predicted octanol–water partition coefficient (Wildman–Crippen LogP) is -0.512. The van der Waals surface area contributed by atoms with Gasteiger partial charge in [-0.3, -0.25) is 14.4 Å². The minimum Gasteiger partial charge on any atom is -0.481 e. The molecule has 2 aliphatic rings. The first-order valence-electron chi connectivity index (χ1n) is 5.94. The number of nitrogens with two attached hydrogens (primary N) is 1. The van der Waals surface area contributed by atoms with Gasteiger partial charge in [-0.15, -0.1) is 19.0 Å². The highest BCUT2D eigenvalue weighted by atomic mass is 35.5. The van der Waals surface area contributed by atoms with E-state index in [9.17, 15) is 23.9 Å². The second-order valence-corrected chi connectivity index (χ2v) is 4.58. The molecule has 0 aromatic carbocycles. The summed E-state index contributed by atoms with van der Waals surface area (Å²) in [5.74, 6) is -3.87. The summed E-state index contributed by atoms with van der Waals surface area (Å²) in [6.07, 6.45) is 1.10. The molecule has 7 nitrogen and oxygen atoms in total. The van der Waals surface area contributed by atoms with Crippen LogP contribution in [0, 0.1) is 5.92 Å². The Balaban J connectivity index is 0.00000220. The molecular weight excluding hydrogens is 305 g/mol. The van der Waals surface area contributed by atoms with E-state index in [1.807, 2.05) is 0 Å². The number of alkyl halides is 1. The second-order valence-electron chi connectivity index (χ2n) is 4.58. The van der Waals surface area contributed by atoms with E-state index in [0.717, 1.165) is 11.1 Å². The van der Waals surface area contributed by atoms with Crippen LogP contribution >= 0.6 is 12.4 Å². The lowest BCUT2D eigenvalue weighted by Crippen LogP contribution is -2.38. The molecule has 3 N–H and O–H groups in total. The van der Waals surface area contributed by atoms with Crippen molar-refractivity contribution in [2.75, 3.05) is 19.8 Å². The summed E-state index contributed by atoms with van der Waals surface area (Å²) in [5, 5.41) is 11.7. The average molecular weight is 320 g/mol. The molecule has 21 heavy (non-hydrogen) atoms. The third kappa shape index (κ3) is 2.69. The maximum Gasteiger partial charge on any atom is 0.316 e.